The summed E-state index contributed by atoms with van der Waals surface area (Å²) >= 11 is 0. The molecule has 0 fully saturated rings. The largest absolute Gasteiger partial charge is 0.322 e. The molecule has 0 aliphatic carbocycles. The summed E-state index contributed by atoms with van der Waals surface area (Å²) in [7, 11) is 0. The molecule has 17 heavy (non-hydrogen) atoms. The van der Waals surface area contributed by atoms with E-state index in [0.717, 1.165) is 16.7 Å². The molecule has 3 rings (SSSR count). The van der Waals surface area contributed by atoms with E-state index in [4.69, 9.17) is 0 Å². The van der Waals surface area contributed by atoms with Gasteiger partial charge in [0, 0.05) is 16.8 Å². The van der Waals surface area contributed by atoms with Gasteiger partial charge < -0.3 is 5.32 Å². The van der Waals surface area contributed by atoms with Gasteiger partial charge in [0.2, 0.25) is 0 Å². The summed E-state index contributed by atoms with van der Waals surface area (Å²) in [6.07, 6.45) is 0. The Morgan fingerprint density at radius 3 is 1.88 bits per heavy atom. The van der Waals surface area contributed by atoms with Gasteiger partial charge in [0.15, 0.2) is 0 Å². The average molecular weight is 221 g/mol. The number of nitrogens with one attached hydrogen (secondary N) is 1. The number of hydrogen-bond donors (Lipinski definition) is 1. The Balaban J connectivity index is 2.38. The quantitative estimate of drug-likeness (QED) is 0.727. The highest BCUT2D eigenvalue weighted by atomic mass is 16.1. The second-order valence-electron chi connectivity index (χ2n) is 4.02. The van der Waals surface area contributed by atoms with E-state index >= 15 is 0 Å². The molecular formula is C15H11NO. The van der Waals surface area contributed by atoms with Crippen LogP contribution >= 0.6 is 0 Å². The summed E-state index contributed by atoms with van der Waals surface area (Å²) in [4.78, 5) is 12.0. The van der Waals surface area contributed by atoms with Gasteiger partial charge in [-0.05, 0) is 17.2 Å². The zero-order valence-electron chi connectivity index (χ0n) is 9.23. The maximum Gasteiger partial charge on any atom is 0.256 e. The minimum Gasteiger partial charge on any atom is -0.322 e. The molecule has 2 aromatic carbocycles. The Bertz CT molecular complexity index is 573. The maximum absolute atomic E-state index is 12.0. The van der Waals surface area contributed by atoms with Crippen molar-refractivity contribution >= 4 is 11.6 Å². The van der Waals surface area contributed by atoms with Gasteiger partial charge in [-0.1, -0.05) is 49.0 Å². The van der Waals surface area contributed by atoms with Crippen LogP contribution in [0.3, 0.4) is 0 Å². The first-order valence-electron chi connectivity index (χ1n) is 5.46. The van der Waals surface area contributed by atoms with Crippen LogP contribution in [0.15, 0.2) is 55.1 Å². The van der Waals surface area contributed by atoms with Gasteiger partial charge in [-0.15, -0.1) is 0 Å². The minimum absolute atomic E-state index is 0.0956. The van der Waals surface area contributed by atoms with E-state index in [1.807, 2.05) is 48.5 Å². The monoisotopic (exact) mass is 221 g/mol. The number of hydrogen-bond acceptors (Lipinski definition) is 1. The van der Waals surface area contributed by atoms with Crippen LogP contribution in [0.5, 0.6) is 0 Å². The zero-order valence-corrected chi connectivity index (χ0v) is 9.23. The Morgan fingerprint density at radius 2 is 1.24 bits per heavy atom. The summed E-state index contributed by atoms with van der Waals surface area (Å²) in [5.41, 5.74) is 4.33. The number of carbonyl (C=O) groups excluding carboxylic acids is 1. The van der Waals surface area contributed by atoms with Crippen molar-refractivity contribution in [2.75, 3.05) is 0 Å². The highest BCUT2D eigenvalue weighted by Crippen LogP contribution is 2.32. The zero-order chi connectivity index (χ0) is 11.8. The van der Waals surface area contributed by atoms with Gasteiger partial charge >= 0.3 is 0 Å². The van der Waals surface area contributed by atoms with E-state index in [-0.39, 0.29) is 5.91 Å². The third-order valence-corrected chi connectivity index (χ3v) is 2.98. The molecule has 0 saturated heterocycles. The minimum atomic E-state index is -0.0956. The first-order valence-corrected chi connectivity index (χ1v) is 5.46. The molecule has 82 valence electrons. The number of amides is 1. The van der Waals surface area contributed by atoms with Gasteiger partial charge in [-0.3, -0.25) is 4.79 Å². The van der Waals surface area contributed by atoms with Crippen molar-refractivity contribution in [3.05, 3.63) is 66.2 Å². The summed E-state index contributed by atoms with van der Waals surface area (Å²) in [6.45, 7) is 3.92. The first-order chi connectivity index (χ1) is 8.27. The standard InChI is InChI=1S/C15H11NO/c1-10-11-6-2-3-7-12(11)13-8-4-5-9-14(13)15(17)16-10/h2-9H,1H2,(H,16,17). The second kappa shape index (κ2) is 3.59. The molecule has 1 amide bonds. The molecule has 0 saturated carbocycles. The molecule has 2 heteroatoms. The lowest BCUT2D eigenvalue weighted by Gasteiger charge is -2.07. The van der Waals surface area contributed by atoms with Crippen LogP contribution in [0, 0.1) is 0 Å². The molecule has 0 unspecified atom stereocenters. The number of fused-ring (bicyclic) bond motifs is 3. The fourth-order valence-corrected chi connectivity index (χ4v) is 2.17. The molecule has 1 heterocycles. The molecular weight excluding hydrogens is 210 g/mol. The van der Waals surface area contributed by atoms with E-state index in [2.05, 4.69) is 11.9 Å². The highest BCUT2D eigenvalue weighted by Gasteiger charge is 2.20. The van der Waals surface area contributed by atoms with E-state index < -0.39 is 0 Å². The van der Waals surface area contributed by atoms with Gasteiger partial charge in [-0.2, -0.15) is 0 Å². The topological polar surface area (TPSA) is 29.1 Å². The number of benzene rings is 2. The van der Waals surface area contributed by atoms with E-state index in [1.54, 1.807) is 0 Å². The van der Waals surface area contributed by atoms with Gasteiger partial charge in [0.1, 0.15) is 0 Å². The third kappa shape index (κ3) is 1.46. The van der Waals surface area contributed by atoms with Crippen LogP contribution in [0.2, 0.25) is 0 Å². The molecule has 2 aromatic rings. The van der Waals surface area contributed by atoms with Crippen molar-refractivity contribution < 1.29 is 4.79 Å². The highest BCUT2D eigenvalue weighted by molar-refractivity contribution is 6.08. The lowest BCUT2D eigenvalue weighted by Crippen LogP contribution is -2.19. The molecule has 0 radical (unpaired) electrons. The van der Waals surface area contributed by atoms with Crippen LogP contribution in [0.25, 0.3) is 16.8 Å². The molecule has 2 nitrogen and oxygen atoms in total. The molecule has 1 aliphatic rings. The summed E-state index contributed by atoms with van der Waals surface area (Å²) in [5, 5.41) is 2.82. The van der Waals surface area contributed by atoms with Gasteiger partial charge in [0.05, 0.1) is 0 Å². The predicted molar refractivity (Wildman–Crippen MR) is 68.4 cm³/mol. The van der Waals surface area contributed by atoms with Gasteiger partial charge in [-0.25, -0.2) is 0 Å². The van der Waals surface area contributed by atoms with E-state index in [0.29, 0.717) is 11.3 Å². The SMILES string of the molecule is C=C1NC(=O)c2ccccc2-c2ccccc21. The van der Waals surface area contributed by atoms with Gasteiger partial charge in [0.25, 0.3) is 5.91 Å². The smallest absolute Gasteiger partial charge is 0.256 e. The Labute approximate surface area is 99.6 Å². The lowest BCUT2D eigenvalue weighted by molar-refractivity contribution is 0.0975. The van der Waals surface area contributed by atoms with E-state index in [9.17, 15) is 4.79 Å². The summed E-state index contributed by atoms with van der Waals surface area (Å²) in [5.74, 6) is -0.0956. The summed E-state index contributed by atoms with van der Waals surface area (Å²) < 4.78 is 0. The number of rotatable bonds is 0. The van der Waals surface area contributed by atoms with Crippen LogP contribution in [-0.2, 0) is 0 Å². The van der Waals surface area contributed by atoms with Crippen molar-refractivity contribution in [1.29, 1.82) is 0 Å². The van der Waals surface area contributed by atoms with Crippen LogP contribution in [0.1, 0.15) is 15.9 Å². The fourth-order valence-electron chi connectivity index (χ4n) is 2.17. The van der Waals surface area contributed by atoms with Crippen molar-refractivity contribution in [1.82, 2.24) is 5.32 Å². The Hall–Kier alpha value is -2.35. The predicted octanol–water partition coefficient (Wildman–Crippen LogP) is 3.07. The molecule has 0 atom stereocenters. The Morgan fingerprint density at radius 1 is 0.765 bits per heavy atom. The average Bonchev–Trinajstić information content (AvgIpc) is 2.48. The lowest BCUT2D eigenvalue weighted by atomic mass is 9.96. The van der Waals surface area contributed by atoms with Crippen molar-refractivity contribution in [2.24, 2.45) is 0 Å². The van der Waals surface area contributed by atoms with E-state index in [1.165, 1.54) is 0 Å². The first kappa shape index (κ1) is 9.85. The second-order valence-corrected chi connectivity index (χ2v) is 4.02. The van der Waals surface area contributed by atoms with Crippen LogP contribution in [0.4, 0.5) is 0 Å². The van der Waals surface area contributed by atoms with Crippen molar-refractivity contribution in [3.63, 3.8) is 0 Å². The molecule has 0 bridgehead atoms. The maximum atomic E-state index is 12.0. The van der Waals surface area contributed by atoms with Crippen LogP contribution in [-0.4, -0.2) is 5.91 Å². The molecule has 1 aliphatic heterocycles. The van der Waals surface area contributed by atoms with Crippen LogP contribution < -0.4 is 5.32 Å². The Kier molecular flexibility index (Phi) is 2.08. The fraction of sp³-hybridized carbons (Fsp3) is 0. The molecule has 1 N–H and O–H groups in total. The van der Waals surface area contributed by atoms with Crippen molar-refractivity contribution in [2.45, 2.75) is 0 Å². The number of carbonyl (C=O) groups is 1. The molecule has 0 spiro atoms. The molecule has 0 aromatic heterocycles. The third-order valence-electron chi connectivity index (χ3n) is 2.98. The van der Waals surface area contributed by atoms with Crippen molar-refractivity contribution in [3.8, 4) is 11.1 Å². The summed E-state index contributed by atoms with van der Waals surface area (Å²) in [6, 6.07) is 15.5. The normalized spacial score (nSPS) is 13.4.